The number of guanidine groups is 1. The van der Waals surface area contributed by atoms with Gasteiger partial charge in [-0.15, -0.1) is 0 Å². The molecule has 2 N–H and O–H groups in total. The zero-order valence-corrected chi connectivity index (χ0v) is 9.28. The van der Waals surface area contributed by atoms with Gasteiger partial charge in [0.05, 0.1) is 18.2 Å². The SMILES string of the molecule is CCOC1CC2(CN=C(N)N2C2CC2)C1. The molecule has 1 heterocycles. The Kier molecular flexibility index (Phi) is 1.96. The fourth-order valence-electron chi connectivity index (χ4n) is 3.00. The zero-order valence-electron chi connectivity index (χ0n) is 9.28. The van der Waals surface area contributed by atoms with Crippen LogP contribution < -0.4 is 5.73 Å². The second-order valence-electron chi connectivity index (χ2n) is 4.99. The summed E-state index contributed by atoms with van der Waals surface area (Å²) in [7, 11) is 0. The maximum absolute atomic E-state index is 5.96. The fraction of sp³-hybridized carbons (Fsp3) is 0.909. The van der Waals surface area contributed by atoms with Gasteiger partial charge in [-0.2, -0.15) is 0 Å². The van der Waals surface area contributed by atoms with Crippen molar-refractivity contribution in [3.05, 3.63) is 0 Å². The number of hydrogen-bond donors (Lipinski definition) is 1. The van der Waals surface area contributed by atoms with Gasteiger partial charge in [-0.1, -0.05) is 0 Å². The average molecular weight is 209 g/mol. The van der Waals surface area contributed by atoms with Crippen LogP contribution in [-0.4, -0.2) is 41.7 Å². The van der Waals surface area contributed by atoms with Crippen LogP contribution in [0.25, 0.3) is 0 Å². The van der Waals surface area contributed by atoms with E-state index in [0.29, 0.717) is 12.1 Å². The van der Waals surface area contributed by atoms with Crippen LogP contribution in [0.1, 0.15) is 32.6 Å². The number of nitrogens with two attached hydrogens (primary N) is 1. The molecule has 0 aromatic carbocycles. The molecule has 0 amide bonds. The topological polar surface area (TPSA) is 50.9 Å². The van der Waals surface area contributed by atoms with Gasteiger partial charge in [0.15, 0.2) is 5.96 Å². The molecule has 0 atom stereocenters. The molecule has 4 nitrogen and oxygen atoms in total. The number of hydrogen-bond acceptors (Lipinski definition) is 4. The first kappa shape index (κ1) is 9.46. The molecule has 2 aliphatic carbocycles. The van der Waals surface area contributed by atoms with Crippen LogP contribution in [0.2, 0.25) is 0 Å². The molecule has 0 bridgehead atoms. The van der Waals surface area contributed by atoms with E-state index in [2.05, 4.69) is 16.8 Å². The lowest BCUT2D eigenvalue weighted by atomic mass is 9.73. The molecular weight excluding hydrogens is 190 g/mol. The van der Waals surface area contributed by atoms with Gasteiger partial charge < -0.3 is 15.4 Å². The van der Waals surface area contributed by atoms with Crippen molar-refractivity contribution >= 4 is 5.96 Å². The lowest BCUT2D eigenvalue weighted by molar-refractivity contribution is -0.0750. The first-order valence-corrected chi connectivity index (χ1v) is 5.96. The molecule has 0 unspecified atom stereocenters. The van der Waals surface area contributed by atoms with Crippen molar-refractivity contribution in [3.63, 3.8) is 0 Å². The molecule has 0 aromatic heterocycles. The monoisotopic (exact) mass is 209 g/mol. The Balaban J connectivity index is 1.68. The minimum atomic E-state index is 0.241. The van der Waals surface area contributed by atoms with E-state index in [0.717, 1.165) is 32.0 Å². The Bertz CT molecular complexity index is 292. The minimum absolute atomic E-state index is 0.241. The van der Waals surface area contributed by atoms with E-state index >= 15 is 0 Å². The quantitative estimate of drug-likeness (QED) is 0.745. The first-order chi connectivity index (χ1) is 7.25. The highest BCUT2D eigenvalue weighted by molar-refractivity contribution is 5.82. The molecule has 3 aliphatic rings. The molecule has 0 saturated heterocycles. The van der Waals surface area contributed by atoms with Gasteiger partial charge in [0.25, 0.3) is 0 Å². The lowest BCUT2D eigenvalue weighted by Crippen LogP contribution is -2.62. The average Bonchev–Trinajstić information content (AvgIpc) is 2.91. The van der Waals surface area contributed by atoms with Gasteiger partial charge >= 0.3 is 0 Å². The fourth-order valence-corrected chi connectivity index (χ4v) is 3.00. The molecule has 3 rings (SSSR count). The Morgan fingerprint density at radius 1 is 1.53 bits per heavy atom. The van der Waals surface area contributed by atoms with Gasteiger partial charge in [-0.05, 0) is 32.6 Å². The second kappa shape index (κ2) is 3.11. The van der Waals surface area contributed by atoms with E-state index in [-0.39, 0.29) is 5.54 Å². The van der Waals surface area contributed by atoms with E-state index in [9.17, 15) is 0 Å². The van der Waals surface area contributed by atoms with E-state index in [4.69, 9.17) is 10.5 Å². The van der Waals surface area contributed by atoms with Gasteiger partial charge in [-0.3, -0.25) is 4.99 Å². The maximum atomic E-state index is 5.96. The van der Waals surface area contributed by atoms with E-state index in [1.165, 1.54) is 12.8 Å². The van der Waals surface area contributed by atoms with Crippen LogP contribution in [0, 0.1) is 0 Å². The van der Waals surface area contributed by atoms with E-state index in [1.54, 1.807) is 0 Å². The van der Waals surface area contributed by atoms with E-state index in [1.807, 2.05) is 0 Å². The van der Waals surface area contributed by atoms with Crippen molar-refractivity contribution in [1.29, 1.82) is 0 Å². The third-order valence-corrected chi connectivity index (χ3v) is 3.82. The number of ether oxygens (including phenoxy) is 1. The van der Waals surface area contributed by atoms with E-state index < -0.39 is 0 Å². The summed E-state index contributed by atoms with van der Waals surface area (Å²) in [6, 6.07) is 0.679. The Morgan fingerprint density at radius 3 is 2.87 bits per heavy atom. The Morgan fingerprint density at radius 2 is 2.27 bits per heavy atom. The third-order valence-electron chi connectivity index (χ3n) is 3.82. The molecule has 1 spiro atoms. The van der Waals surface area contributed by atoms with Crippen molar-refractivity contribution in [2.45, 2.75) is 50.3 Å². The van der Waals surface area contributed by atoms with Crippen LogP contribution in [0.4, 0.5) is 0 Å². The highest BCUT2D eigenvalue weighted by atomic mass is 16.5. The van der Waals surface area contributed by atoms with Gasteiger partial charge in [0.2, 0.25) is 0 Å². The first-order valence-electron chi connectivity index (χ1n) is 5.96. The number of aliphatic imine (C=N–C) groups is 1. The zero-order chi connectivity index (χ0) is 10.5. The summed E-state index contributed by atoms with van der Waals surface area (Å²) in [5.41, 5.74) is 6.20. The van der Waals surface area contributed by atoms with Crippen LogP contribution >= 0.6 is 0 Å². The molecule has 2 fully saturated rings. The molecule has 15 heavy (non-hydrogen) atoms. The number of nitrogens with zero attached hydrogens (tertiary/aromatic N) is 2. The summed E-state index contributed by atoms with van der Waals surface area (Å²) in [6.45, 7) is 3.77. The summed E-state index contributed by atoms with van der Waals surface area (Å²) in [5.74, 6) is 0.771. The predicted octanol–water partition coefficient (Wildman–Crippen LogP) is 0.717. The van der Waals surface area contributed by atoms with Gasteiger partial charge in [0.1, 0.15) is 0 Å². The van der Waals surface area contributed by atoms with Crippen molar-refractivity contribution in [3.8, 4) is 0 Å². The molecule has 1 aliphatic heterocycles. The molecule has 4 heteroatoms. The summed E-state index contributed by atoms with van der Waals surface area (Å²) in [4.78, 5) is 6.79. The summed E-state index contributed by atoms with van der Waals surface area (Å²) < 4.78 is 5.63. The second-order valence-corrected chi connectivity index (χ2v) is 4.99. The minimum Gasteiger partial charge on any atom is -0.378 e. The molecule has 0 radical (unpaired) electrons. The molecule has 2 saturated carbocycles. The Labute approximate surface area is 90.5 Å². The van der Waals surface area contributed by atoms with Crippen LogP contribution in [0.5, 0.6) is 0 Å². The smallest absolute Gasteiger partial charge is 0.192 e. The van der Waals surface area contributed by atoms with Crippen molar-refractivity contribution < 1.29 is 4.74 Å². The largest absolute Gasteiger partial charge is 0.378 e. The normalized spacial score (nSPS) is 39.4. The standard InChI is InChI=1S/C11H19N3O/c1-2-15-9-5-11(6-9)7-13-10(12)14(11)8-3-4-8/h8-9H,2-7H2,1H3,(H2,12,13). The van der Waals surface area contributed by atoms with Crippen molar-refractivity contribution in [2.75, 3.05) is 13.2 Å². The molecule has 0 aromatic rings. The third kappa shape index (κ3) is 1.34. The summed E-state index contributed by atoms with van der Waals surface area (Å²) >= 11 is 0. The predicted molar refractivity (Wildman–Crippen MR) is 58.7 cm³/mol. The highest BCUT2D eigenvalue weighted by Gasteiger charge is 2.56. The van der Waals surface area contributed by atoms with Crippen LogP contribution in [-0.2, 0) is 4.74 Å². The Hall–Kier alpha value is -0.770. The van der Waals surface area contributed by atoms with Gasteiger partial charge in [0, 0.05) is 12.6 Å². The van der Waals surface area contributed by atoms with Gasteiger partial charge in [-0.25, -0.2) is 0 Å². The molecular formula is C11H19N3O. The maximum Gasteiger partial charge on any atom is 0.192 e. The van der Waals surface area contributed by atoms with Crippen LogP contribution in [0.15, 0.2) is 4.99 Å². The summed E-state index contributed by atoms with van der Waals surface area (Å²) in [5, 5.41) is 0. The number of rotatable bonds is 3. The summed E-state index contributed by atoms with van der Waals surface area (Å²) in [6.07, 6.45) is 5.25. The highest BCUT2D eigenvalue weighted by Crippen LogP contribution is 2.47. The molecule has 84 valence electrons. The van der Waals surface area contributed by atoms with Crippen LogP contribution in [0.3, 0.4) is 0 Å². The van der Waals surface area contributed by atoms with Crippen molar-refractivity contribution in [2.24, 2.45) is 10.7 Å². The lowest BCUT2D eigenvalue weighted by Gasteiger charge is -2.50. The van der Waals surface area contributed by atoms with Crippen molar-refractivity contribution in [1.82, 2.24) is 4.90 Å².